The number of hydrogen-bond donors (Lipinski definition) is 2. The zero-order valence-electron chi connectivity index (χ0n) is 10.6. The van der Waals surface area contributed by atoms with Crippen LogP contribution < -0.4 is 5.32 Å². The first-order chi connectivity index (χ1) is 8.68. The van der Waals surface area contributed by atoms with Gasteiger partial charge < -0.3 is 15.2 Å². The molecule has 2 N–H and O–H groups in total. The zero-order valence-corrected chi connectivity index (χ0v) is 10.6. The van der Waals surface area contributed by atoms with E-state index in [1.165, 1.54) is 0 Å². The van der Waals surface area contributed by atoms with Crippen molar-refractivity contribution in [1.82, 2.24) is 5.32 Å². The Morgan fingerprint density at radius 3 is 2.50 bits per heavy atom. The van der Waals surface area contributed by atoms with Gasteiger partial charge in [0.15, 0.2) is 0 Å². The van der Waals surface area contributed by atoms with Crippen LogP contribution in [-0.2, 0) is 14.3 Å². The van der Waals surface area contributed by atoms with Gasteiger partial charge >= 0.3 is 5.97 Å². The number of carboxylic acid groups (broad SMARTS) is 1. The smallest absolute Gasteiger partial charge is 0.308 e. The van der Waals surface area contributed by atoms with Gasteiger partial charge in [0, 0.05) is 12.6 Å². The molecule has 3 unspecified atom stereocenters. The second-order valence-corrected chi connectivity index (χ2v) is 5.20. The minimum Gasteiger partial charge on any atom is -0.481 e. The first-order valence-electron chi connectivity index (χ1n) is 6.83. The number of hydrogen-bond acceptors (Lipinski definition) is 3. The van der Waals surface area contributed by atoms with E-state index in [0.29, 0.717) is 13.0 Å². The van der Waals surface area contributed by atoms with Gasteiger partial charge in [-0.25, -0.2) is 0 Å². The van der Waals surface area contributed by atoms with E-state index in [-0.39, 0.29) is 18.1 Å². The van der Waals surface area contributed by atoms with Crippen LogP contribution in [0, 0.1) is 5.92 Å². The van der Waals surface area contributed by atoms with Gasteiger partial charge in [-0.1, -0.05) is 19.3 Å². The Morgan fingerprint density at radius 1 is 1.06 bits per heavy atom. The van der Waals surface area contributed by atoms with E-state index in [4.69, 9.17) is 4.74 Å². The summed E-state index contributed by atoms with van der Waals surface area (Å²) in [6, 6.07) is -0.235. The Labute approximate surface area is 107 Å². The van der Waals surface area contributed by atoms with Crippen molar-refractivity contribution >= 4 is 11.9 Å². The van der Waals surface area contributed by atoms with Gasteiger partial charge in [-0.2, -0.15) is 0 Å². The Balaban J connectivity index is 1.95. The van der Waals surface area contributed by atoms with Gasteiger partial charge in [0.25, 0.3) is 0 Å². The maximum absolute atomic E-state index is 12.0. The van der Waals surface area contributed by atoms with Crippen molar-refractivity contribution in [2.75, 3.05) is 6.61 Å². The quantitative estimate of drug-likeness (QED) is 0.746. The number of amides is 1. The molecule has 2 fully saturated rings. The molecule has 1 heterocycles. The number of aliphatic carboxylic acids is 1. The molecule has 0 spiro atoms. The third-order valence-corrected chi connectivity index (χ3v) is 3.88. The molecule has 5 heteroatoms. The number of carbonyl (C=O) groups is 2. The standard InChI is InChI=1S/C13H21NO4/c15-12(11-7-4-8-18-11)14-10-6-3-1-2-5-9(10)13(16)17/h9-11H,1-8H2,(H,14,15)(H,16,17). The molecule has 2 aliphatic rings. The second kappa shape index (κ2) is 6.18. The highest BCUT2D eigenvalue weighted by atomic mass is 16.5. The molecule has 1 saturated carbocycles. The summed E-state index contributed by atoms with van der Waals surface area (Å²) in [6.07, 6.45) is 5.67. The fourth-order valence-corrected chi connectivity index (χ4v) is 2.84. The molecule has 18 heavy (non-hydrogen) atoms. The maximum Gasteiger partial charge on any atom is 0.308 e. The lowest BCUT2D eigenvalue weighted by Gasteiger charge is -2.24. The van der Waals surface area contributed by atoms with Gasteiger partial charge in [0.1, 0.15) is 6.10 Å². The van der Waals surface area contributed by atoms with Gasteiger partial charge in [0.2, 0.25) is 5.91 Å². The third-order valence-electron chi connectivity index (χ3n) is 3.88. The molecule has 1 saturated heterocycles. The summed E-state index contributed by atoms with van der Waals surface area (Å²) < 4.78 is 5.32. The Bertz CT molecular complexity index is 312. The van der Waals surface area contributed by atoms with Crippen LogP contribution in [0.1, 0.15) is 44.9 Å². The van der Waals surface area contributed by atoms with Crippen molar-refractivity contribution in [1.29, 1.82) is 0 Å². The van der Waals surface area contributed by atoms with Crippen LogP contribution in [0.5, 0.6) is 0 Å². The van der Waals surface area contributed by atoms with Crippen molar-refractivity contribution in [3.05, 3.63) is 0 Å². The van der Waals surface area contributed by atoms with Crippen LogP contribution in [0.3, 0.4) is 0 Å². The zero-order chi connectivity index (χ0) is 13.0. The molecule has 0 aromatic rings. The molecule has 2 rings (SSSR count). The number of nitrogens with one attached hydrogen (secondary N) is 1. The number of rotatable bonds is 3. The first kappa shape index (κ1) is 13.3. The Kier molecular flexibility index (Phi) is 4.58. The molecule has 5 nitrogen and oxygen atoms in total. The molecule has 1 aliphatic heterocycles. The summed E-state index contributed by atoms with van der Waals surface area (Å²) in [5, 5.41) is 12.1. The van der Waals surface area contributed by atoms with Crippen molar-refractivity contribution < 1.29 is 19.4 Å². The fraction of sp³-hybridized carbons (Fsp3) is 0.846. The molecular weight excluding hydrogens is 234 g/mol. The first-order valence-corrected chi connectivity index (χ1v) is 6.83. The monoisotopic (exact) mass is 255 g/mol. The third kappa shape index (κ3) is 3.22. The van der Waals surface area contributed by atoms with E-state index in [0.717, 1.165) is 38.5 Å². The average Bonchev–Trinajstić information content (AvgIpc) is 2.77. The highest BCUT2D eigenvalue weighted by Crippen LogP contribution is 2.24. The lowest BCUT2D eigenvalue weighted by atomic mass is 9.94. The number of carboxylic acids is 1. The van der Waals surface area contributed by atoms with E-state index in [2.05, 4.69) is 5.32 Å². The summed E-state index contributed by atoms with van der Waals surface area (Å²) in [4.78, 5) is 23.2. The van der Waals surface area contributed by atoms with Gasteiger partial charge in [0.05, 0.1) is 5.92 Å². The Hall–Kier alpha value is -1.10. The van der Waals surface area contributed by atoms with E-state index >= 15 is 0 Å². The van der Waals surface area contributed by atoms with Crippen molar-refractivity contribution in [2.24, 2.45) is 5.92 Å². The lowest BCUT2D eigenvalue weighted by molar-refractivity contribution is -0.143. The van der Waals surface area contributed by atoms with E-state index in [9.17, 15) is 14.7 Å². The summed E-state index contributed by atoms with van der Waals surface area (Å²) in [7, 11) is 0. The summed E-state index contributed by atoms with van der Waals surface area (Å²) in [5.74, 6) is -1.38. The second-order valence-electron chi connectivity index (χ2n) is 5.20. The normalized spacial score (nSPS) is 32.8. The van der Waals surface area contributed by atoms with Crippen LogP contribution in [0.15, 0.2) is 0 Å². The van der Waals surface area contributed by atoms with Crippen molar-refractivity contribution in [2.45, 2.75) is 57.1 Å². The summed E-state index contributed by atoms with van der Waals surface area (Å²) in [6.45, 7) is 0.630. The van der Waals surface area contributed by atoms with E-state index < -0.39 is 11.9 Å². The SMILES string of the molecule is O=C(NC1CCCCCC1C(=O)O)C1CCCO1. The minimum absolute atomic E-state index is 0.134. The van der Waals surface area contributed by atoms with Crippen LogP contribution in [0.25, 0.3) is 0 Å². The van der Waals surface area contributed by atoms with E-state index in [1.54, 1.807) is 0 Å². The highest BCUT2D eigenvalue weighted by molar-refractivity contribution is 5.82. The summed E-state index contributed by atoms with van der Waals surface area (Å²) in [5.41, 5.74) is 0. The molecule has 0 aromatic heterocycles. The largest absolute Gasteiger partial charge is 0.481 e. The minimum atomic E-state index is -0.797. The molecule has 0 radical (unpaired) electrons. The topological polar surface area (TPSA) is 75.6 Å². The van der Waals surface area contributed by atoms with E-state index in [1.807, 2.05) is 0 Å². The molecule has 0 aromatic carbocycles. The summed E-state index contributed by atoms with van der Waals surface area (Å²) >= 11 is 0. The number of ether oxygens (including phenoxy) is 1. The lowest BCUT2D eigenvalue weighted by Crippen LogP contribution is -2.46. The number of carbonyl (C=O) groups excluding carboxylic acids is 1. The molecule has 0 bridgehead atoms. The Morgan fingerprint density at radius 2 is 1.83 bits per heavy atom. The molecule has 1 aliphatic carbocycles. The van der Waals surface area contributed by atoms with Crippen molar-refractivity contribution in [3.63, 3.8) is 0 Å². The highest BCUT2D eigenvalue weighted by Gasteiger charge is 2.33. The van der Waals surface area contributed by atoms with Gasteiger partial charge in [-0.15, -0.1) is 0 Å². The molecular formula is C13H21NO4. The predicted molar refractivity (Wildman–Crippen MR) is 65.1 cm³/mol. The van der Waals surface area contributed by atoms with Crippen LogP contribution in [0.4, 0.5) is 0 Å². The van der Waals surface area contributed by atoms with Gasteiger partial charge in [-0.05, 0) is 25.7 Å². The fourth-order valence-electron chi connectivity index (χ4n) is 2.84. The molecule has 102 valence electrons. The van der Waals surface area contributed by atoms with Gasteiger partial charge in [-0.3, -0.25) is 9.59 Å². The molecule has 3 atom stereocenters. The predicted octanol–water partition coefficient (Wildman–Crippen LogP) is 1.32. The van der Waals surface area contributed by atoms with Crippen molar-refractivity contribution in [3.8, 4) is 0 Å². The van der Waals surface area contributed by atoms with Crippen LogP contribution in [0.2, 0.25) is 0 Å². The molecule has 1 amide bonds. The maximum atomic E-state index is 12.0. The van der Waals surface area contributed by atoms with Crippen LogP contribution >= 0.6 is 0 Å². The van der Waals surface area contributed by atoms with Crippen LogP contribution in [-0.4, -0.2) is 35.7 Å². The average molecular weight is 255 g/mol.